The molecule has 2 aromatic heterocycles. The standard InChI is InChI=1S/C27H32N8O5/c1-27(2,3)34-25(29-30-31-34)24(20-14-17-15-22(39-4)23(40-5)16-21(17)28-26(20)36)33-12-10-32(11-13-33)18-6-8-19(9-7-18)35(37)38/h6-9,14-16,24H,10-13H2,1-5H3,(H,28,36). The lowest BCUT2D eigenvalue weighted by atomic mass is 10.0. The van der Waals surface area contributed by atoms with Gasteiger partial charge in [-0.3, -0.25) is 19.8 Å². The van der Waals surface area contributed by atoms with E-state index in [1.807, 2.05) is 32.9 Å². The number of hydrogen-bond acceptors (Lipinski definition) is 10. The SMILES string of the molecule is COc1cc2cc(C(c3nnnn3C(C)(C)C)N3CCN(c4ccc([N+](=O)[O-])cc4)CC3)c(=O)[nH]c2cc1OC. The van der Waals surface area contributed by atoms with E-state index >= 15 is 0 Å². The minimum absolute atomic E-state index is 0.0567. The van der Waals surface area contributed by atoms with E-state index in [4.69, 9.17) is 9.47 Å². The second-order valence-electron chi connectivity index (χ2n) is 10.7. The topological polar surface area (TPSA) is 145 Å². The second-order valence-corrected chi connectivity index (χ2v) is 10.7. The minimum atomic E-state index is -0.519. The number of piperazine rings is 1. The highest BCUT2D eigenvalue weighted by atomic mass is 16.6. The molecule has 1 fully saturated rings. The molecule has 1 aliphatic rings. The zero-order chi connectivity index (χ0) is 28.6. The van der Waals surface area contributed by atoms with Crippen molar-refractivity contribution in [3.63, 3.8) is 0 Å². The summed E-state index contributed by atoms with van der Waals surface area (Å²) in [7, 11) is 3.12. The van der Waals surface area contributed by atoms with Crippen molar-refractivity contribution in [2.75, 3.05) is 45.3 Å². The molecule has 0 spiro atoms. The van der Waals surface area contributed by atoms with Crippen LogP contribution in [0.3, 0.4) is 0 Å². The van der Waals surface area contributed by atoms with Gasteiger partial charge in [-0.15, -0.1) is 5.10 Å². The fourth-order valence-corrected chi connectivity index (χ4v) is 5.12. The number of anilines is 1. The van der Waals surface area contributed by atoms with Crippen LogP contribution in [0.4, 0.5) is 11.4 Å². The van der Waals surface area contributed by atoms with Gasteiger partial charge >= 0.3 is 0 Å². The van der Waals surface area contributed by atoms with Gasteiger partial charge in [0.15, 0.2) is 17.3 Å². The predicted molar refractivity (Wildman–Crippen MR) is 149 cm³/mol. The third kappa shape index (κ3) is 5.07. The molecule has 13 nitrogen and oxygen atoms in total. The average Bonchev–Trinajstić information content (AvgIpc) is 3.43. The quantitative estimate of drug-likeness (QED) is 0.270. The summed E-state index contributed by atoms with van der Waals surface area (Å²) in [5, 5.41) is 24.5. The predicted octanol–water partition coefficient (Wildman–Crippen LogP) is 3.11. The molecular weight excluding hydrogens is 516 g/mol. The Bertz CT molecular complexity index is 1580. The summed E-state index contributed by atoms with van der Waals surface area (Å²) in [4.78, 5) is 31.6. The Morgan fingerprint density at radius 1 is 1.00 bits per heavy atom. The first-order valence-electron chi connectivity index (χ1n) is 12.9. The number of tetrazole rings is 1. The van der Waals surface area contributed by atoms with Crippen LogP contribution < -0.4 is 19.9 Å². The Morgan fingerprint density at radius 2 is 1.65 bits per heavy atom. The number of benzene rings is 2. The maximum absolute atomic E-state index is 13.6. The first-order chi connectivity index (χ1) is 19.1. The summed E-state index contributed by atoms with van der Waals surface area (Å²) in [5.41, 5.74) is 1.45. The van der Waals surface area contributed by atoms with E-state index in [1.54, 1.807) is 37.1 Å². The molecule has 40 heavy (non-hydrogen) atoms. The van der Waals surface area contributed by atoms with Crippen LogP contribution in [0.1, 0.15) is 38.2 Å². The van der Waals surface area contributed by atoms with Crippen LogP contribution in [-0.2, 0) is 5.54 Å². The lowest BCUT2D eigenvalue weighted by Crippen LogP contribution is -2.49. The van der Waals surface area contributed by atoms with Gasteiger partial charge in [-0.1, -0.05) is 0 Å². The number of aromatic nitrogens is 5. The maximum Gasteiger partial charge on any atom is 0.269 e. The van der Waals surface area contributed by atoms with Crippen molar-refractivity contribution in [3.8, 4) is 11.5 Å². The number of nitrogens with one attached hydrogen (secondary N) is 1. The summed E-state index contributed by atoms with van der Waals surface area (Å²) >= 11 is 0. The summed E-state index contributed by atoms with van der Waals surface area (Å²) in [6.45, 7) is 8.57. The molecule has 0 aliphatic carbocycles. The third-order valence-corrected chi connectivity index (χ3v) is 7.15. The zero-order valence-corrected chi connectivity index (χ0v) is 23.1. The van der Waals surface area contributed by atoms with Crippen molar-refractivity contribution in [3.05, 3.63) is 74.3 Å². The third-order valence-electron chi connectivity index (χ3n) is 7.15. The van der Waals surface area contributed by atoms with Crippen molar-refractivity contribution in [1.82, 2.24) is 30.1 Å². The Kier molecular flexibility index (Phi) is 7.15. The Balaban J connectivity index is 1.54. The number of nitro groups is 1. The summed E-state index contributed by atoms with van der Waals surface area (Å²) in [5.74, 6) is 1.65. The van der Waals surface area contributed by atoms with E-state index in [2.05, 4.69) is 30.3 Å². The Labute approximate surface area is 230 Å². The van der Waals surface area contributed by atoms with Crippen molar-refractivity contribution in [2.24, 2.45) is 0 Å². The van der Waals surface area contributed by atoms with Crippen LogP contribution in [-0.4, -0.2) is 75.4 Å². The first kappa shape index (κ1) is 27.1. The van der Waals surface area contributed by atoms with Crippen molar-refractivity contribution < 1.29 is 14.4 Å². The van der Waals surface area contributed by atoms with Crippen LogP contribution in [0.15, 0.2) is 47.3 Å². The van der Waals surface area contributed by atoms with E-state index in [0.717, 1.165) is 11.1 Å². The molecular formula is C27H32N8O5. The van der Waals surface area contributed by atoms with E-state index in [1.165, 1.54) is 12.1 Å². The number of H-pyrrole nitrogens is 1. The van der Waals surface area contributed by atoms with Crippen LogP contribution in [0.5, 0.6) is 11.5 Å². The smallest absolute Gasteiger partial charge is 0.269 e. The van der Waals surface area contributed by atoms with Crippen molar-refractivity contribution in [1.29, 1.82) is 0 Å². The van der Waals surface area contributed by atoms with E-state index < -0.39 is 16.5 Å². The fourth-order valence-electron chi connectivity index (χ4n) is 5.12. The molecule has 210 valence electrons. The molecule has 3 heterocycles. The molecule has 4 aromatic rings. The number of fused-ring (bicyclic) bond motifs is 1. The van der Waals surface area contributed by atoms with Gasteiger partial charge in [-0.25, -0.2) is 4.68 Å². The highest BCUT2D eigenvalue weighted by Gasteiger charge is 2.35. The Hall–Kier alpha value is -4.52. The Morgan fingerprint density at radius 3 is 2.25 bits per heavy atom. The monoisotopic (exact) mass is 548 g/mol. The zero-order valence-electron chi connectivity index (χ0n) is 23.1. The lowest BCUT2D eigenvalue weighted by Gasteiger charge is -2.40. The number of rotatable bonds is 7. The fraction of sp³-hybridized carbons (Fsp3) is 0.407. The summed E-state index contributed by atoms with van der Waals surface area (Å²) in [6.07, 6.45) is 0. The molecule has 1 saturated heterocycles. The van der Waals surface area contributed by atoms with Crippen molar-refractivity contribution in [2.45, 2.75) is 32.4 Å². The van der Waals surface area contributed by atoms with E-state index in [0.29, 0.717) is 54.6 Å². The summed E-state index contributed by atoms with van der Waals surface area (Å²) < 4.78 is 12.7. The molecule has 1 N–H and O–H groups in total. The number of pyridine rings is 1. The molecule has 1 unspecified atom stereocenters. The van der Waals surface area contributed by atoms with Crippen LogP contribution in [0.25, 0.3) is 10.9 Å². The van der Waals surface area contributed by atoms with Gasteiger partial charge < -0.3 is 19.4 Å². The van der Waals surface area contributed by atoms with Gasteiger partial charge in [0.05, 0.1) is 30.2 Å². The minimum Gasteiger partial charge on any atom is -0.493 e. The van der Waals surface area contributed by atoms with Crippen LogP contribution >= 0.6 is 0 Å². The van der Waals surface area contributed by atoms with Gasteiger partial charge in [0.1, 0.15) is 6.04 Å². The highest BCUT2D eigenvalue weighted by Crippen LogP contribution is 2.34. The number of nitro benzene ring substituents is 1. The number of methoxy groups -OCH3 is 2. The number of aromatic amines is 1. The molecule has 0 radical (unpaired) electrons. The molecule has 2 aromatic carbocycles. The molecule has 0 saturated carbocycles. The first-order valence-corrected chi connectivity index (χ1v) is 12.9. The highest BCUT2D eigenvalue weighted by molar-refractivity contribution is 5.83. The molecule has 5 rings (SSSR count). The van der Waals surface area contributed by atoms with Gasteiger partial charge in [0.25, 0.3) is 11.2 Å². The van der Waals surface area contributed by atoms with Gasteiger partial charge in [0.2, 0.25) is 0 Å². The normalized spacial score (nSPS) is 15.3. The molecule has 0 amide bonds. The lowest BCUT2D eigenvalue weighted by molar-refractivity contribution is -0.384. The van der Waals surface area contributed by atoms with E-state index in [9.17, 15) is 14.9 Å². The number of non-ortho nitro benzene ring substituents is 1. The van der Waals surface area contributed by atoms with Gasteiger partial charge in [-0.2, -0.15) is 0 Å². The van der Waals surface area contributed by atoms with Crippen LogP contribution in [0.2, 0.25) is 0 Å². The largest absolute Gasteiger partial charge is 0.493 e. The van der Waals surface area contributed by atoms with Crippen LogP contribution in [0, 0.1) is 10.1 Å². The molecule has 13 heteroatoms. The second kappa shape index (κ2) is 10.6. The number of nitrogens with zero attached hydrogens (tertiary/aromatic N) is 7. The number of ether oxygens (including phenoxy) is 2. The molecule has 0 bridgehead atoms. The number of hydrogen-bond donors (Lipinski definition) is 1. The molecule has 1 aliphatic heterocycles. The molecule has 1 atom stereocenters. The average molecular weight is 549 g/mol. The maximum atomic E-state index is 13.6. The van der Waals surface area contributed by atoms with Crippen molar-refractivity contribution >= 4 is 22.3 Å². The van der Waals surface area contributed by atoms with E-state index in [-0.39, 0.29) is 11.2 Å². The summed E-state index contributed by atoms with van der Waals surface area (Å²) in [6, 6.07) is 11.5. The van der Waals surface area contributed by atoms with Gasteiger partial charge in [0, 0.05) is 61.0 Å². The van der Waals surface area contributed by atoms with Gasteiger partial charge in [-0.05, 0) is 55.5 Å².